The summed E-state index contributed by atoms with van der Waals surface area (Å²) >= 11 is 1.63. The lowest BCUT2D eigenvalue weighted by Gasteiger charge is -2.10. The van der Waals surface area contributed by atoms with Crippen LogP contribution < -0.4 is 5.73 Å². The zero-order valence-corrected chi connectivity index (χ0v) is 6.69. The molecule has 1 heterocycles. The highest BCUT2D eigenvalue weighted by atomic mass is 32.2. The van der Waals surface area contributed by atoms with Crippen molar-refractivity contribution in [2.45, 2.75) is 11.8 Å². The molecule has 0 amide bonds. The normalized spacial score (nSPS) is 32.2. The van der Waals surface area contributed by atoms with E-state index in [1.165, 1.54) is 7.11 Å². The smallest absolute Gasteiger partial charge is 0.311 e. The first-order valence-corrected chi connectivity index (χ1v) is 4.25. The monoisotopic (exact) mass is 161 g/mol. The van der Waals surface area contributed by atoms with Gasteiger partial charge in [0.05, 0.1) is 18.4 Å². The lowest BCUT2D eigenvalue weighted by atomic mass is 10.1. The van der Waals surface area contributed by atoms with Gasteiger partial charge in [-0.15, -0.1) is 11.8 Å². The summed E-state index contributed by atoms with van der Waals surface area (Å²) in [6.45, 7) is 0. The number of esters is 1. The second-order valence-corrected chi connectivity index (χ2v) is 3.54. The molecule has 2 atom stereocenters. The van der Waals surface area contributed by atoms with Gasteiger partial charge in [-0.1, -0.05) is 0 Å². The van der Waals surface area contributed by atoms with E-state index in [-0.39, 0.29) is 17.3 Å². The predicted octanol–water partition coefficient (Wildman–Crippen LogP) is 0.197. The number of carbonyl (C=O) groups excluding carboxylic acids is 1. The fourth-order valence-electron chi connectivity index (χ4n) is 1.01. The van der Waals surface area contributed by atoms with Crippen LogP contribution in [0.2, 0.25) is 0 Å². The number of nitrogens with two attached hydrogens (primary N) is 1. The fourth-order valence-corrected chi connectivity index (χ4v) is 2.16. The van der Waals surface area contributed by atoms with Gasteiger partial charge in [-0.25, -0.2) is 0 Å². The highest BCUT2D eigenvalue weighted by Crippen LogP contribution is 2.29. The van der Waals surface area contributed by atoms with E-state index in [0.717, 1.165) is 12.2 Å². The average molecular weight is 161 g/mol. The van der Waals surface area contributed by atoms with Gasteiger partial charge in [0.2, 0.25) is 0 Å². The highest BCUT2D eigenvalue weighted by molar-refractivity contribution is 8.00. The topological polar surface area (TPSA) is 52.3 Å². The van der Waals surface area contributed by atoms with Crippen molar-refractivity contribution in [2.24, 2.45) is 11.7 Å². The Morgan fingerprint density at radius 3 is 2.90 bits per heavy atom. The number of thioether (sulfide) groups is 1. The first-order chi connectivity index (χ1) is 4.75. The van der Waals surface area contributed by atoms with Gasteiger partial charge in [0.1, 0.15) is 0 Å². The molecular formula is C6H11NO2S. The molecule has 0 aromatic carbocycles. The van der Waals surface area contributed by atoms with Gasteiger partial charge in [0, 0.05) is 0 Å². The van der Waals surface area contributed by atoms with Gasteiger partial charge in [0.15, 0.2) is 0 Å². The van der Waals surface area contributed by atoms with Crippen LogP contribution in [-0.4, -0.2) is 24.2 Å². The lowest BCUT2D eigenvalue weighted by Crippen LogP contribution is -2.29. The molecule has 1 fully saturated rings. The van der Waals surface area contributed by atoms with Crippen molar-refractivity contribution in [3.63, 3.8) is 0 Å². The van der Waals surface area contributed by atoms with E-state index in [2.05, 4.69) is 4.74 Å². The molecule has 0 spiro atoms. The van der Waals surface area contributed by atoms with Crippen molar-refractivity contribution in [2.75, 3.05) is 12.9 Å². The zero-order valence-electron chi connectivity index (χ0n) is 5.87. The predicted molar refractivity (Wildman–Crippen MR) is 40.6 cm³/mol. The van der Waals surface area contributed by atoms with Crippen LogP contribution in [0.5, 0.6) is 0 Å². The Kier molecular flexibility index (Phi) is 2.56. The Bertz CT molecular complexity index is 140. The second kappa shape index (κ2) is 3.25. The van der Waals surface area contributed by atoms with Crippen LogP contribution in [0, 0.1) is 5.92 Å². The number of carbonyl (C=O) groups is 1. The van der Waals surface area contributed by atoms with Crippen molar-refractivity contribution in [1.82, 2.24) is 0 Å². The van der Waals surface area contributed by atoms with Gasteiger partial charge in [-0.05, 0) is 12.2 Å². The third kappa shape index (κ3) is 1.44. The van der Waals surface area contributed by atoms with Crippen molar-refractivity contribution >= 4 is 17.7 Å². The summed E-state index contributed by atoms with van der Waals surface area (Å²) in [5.41, 5.74) is 5.62. The standard InChI is InChI=1S/C6H11NO2S/c1-9-6(8)4-2-3-10-5(4)7/h4-5H,2-3,7H2,1H3. The molecule has 1 saturated heterocycles. The molecule has 0 aromatic rings. The number of hydrogen-bond donors (Lipinski definition) is 1. The molecule has 4 heteroatoms. The Morgan fingerprint density at radius 1 is 1.80 bits per heavy atom. The molecule has 0 aliphatic carbocycles. The van der Waals surface area contributed by atoms with Crippen molar-refractivity contribution in [3.8, 4) is 0 Å². The van der Waals surface area contributed by atoms with Crippen LogP contribution >= 0.6 is 11.8 Å². The quantitative estimate of drug-likeness (QED) is 0.558. The molecule has 3 nitrogen and oxygen atoms in total. The van der Waals surface area contributed by atoms with E-state index in [1.807, 2.05) is 0 Å². The van der Waals surface area contributed by atoms with Crippen LogP contribution in [0.1, 0.15) is 6.42 Å². The molecular weight excluding hydrogens is 150 g/mol. The molecule has 0 saturated carbocycles. The minimum atomic E-state index is -0.169. The molecule has 2 N–H and O–H groups in total. The first-order valence-electron chi connectivity index (χ1n) is 3.20. The Labute approximate surface area is 64.3 Å². The summed E-state index contributed by atoms with van der Waals surface area (Å²) in [6, 6.07) is 0. The van der Waals surface area contributed by atoms with E-state index in [9.17, 15) is 4.79 Å². The van der Waals surface area contributed by atoms with E-state index >= 15 is 0 Å². The number of rotatable bonds is 1. The van der Waals surface area contributed by atoms with Crippen molar-refractivity contribution in [1.29, 1.82) is 0 Å². The molecule has 0 radical (unpaired) electrons. The molecule has 58 valence electrons. The maximum atomic E-state index is 10.9. The molecule has 1 rings (SSSR count). The van der Waals surface area contributed by atoms with Gasteiger partial charge >= 0.3 is 5.97 Å². The Hall–Kier alpha value is -0.220. The Morgan fingerprint density at radius 2 is 2.50 bits per heavy atom. The minimum Gasteiger partial charge on any atom is -0.469 e. The average Bonchev–Trinajstić information content (AvgIpc) is 2.34. The summed E-state index contributed by atoms with van der Waals surface area (Å²) in [5.74, 6) is 0.730. The molecule has 1 aliphatic rings. The van der Waals surface area contributed by atoms with Crippen LogP contribution in [0.15, 0.2) is 0 Å². The molecule has 0 aromatic heterocycles. The minimum absolute atomic E-state index is 0.0487. The number of hydrogen-bond acceptors (Lipinski definition) is 4. The number of ether oxygens (including phenoxy) is 1. The third-order valence-electron chi connectivity index (χ3n) is 1.64. The second-order valence-electron chi connectivity index (χ2n) is 2.25. The van der Waals surface area contributed by atoms with Crippen molar-refractivity contribution < 1.29 is 9.53 Å². The van der Waals surface area contributed by atoms with Crippen LogP contribution in [-0.2, 0) is 9.53 Å². The summed E-state index contributed by atoms with van der Waals surface area (Å²) in [6.07, 6.45) is 0.860. The zero-order chi connectivity index (χ0) is 7.56. The van der Waals surface area contributed by atoms with Gasteiger partial charge in [0.25, 0.3) is 0 Å². The fraction of sp³-hybridized carbons (Fsp3) is 0.833. The van der Waals surface area contributed by atoms with E-state index in [4.69, 9.17) is 5.73 Å². The summed E-state index contributed by atoms with van der Waals surface area (Å²) in [7, 11) is 1.40. The van der Waals surface area contributed by atoms with Crippen LogP contribution in [0.25, 0.3) is 0 Å². The number of methoxy groups -OCH3 is 1. The van der Waals surface area contributed by atoms with E-state index < -0.39 is 0 Å². The summed E-state index contributed by atoms with van der Waals surface area (Å²) < 4.78 is 4.57. The molecule has 1 aliphatic heterocycles. The largest absolute Gasteiger partial charge is 0.469 e. The SMILES string of the molecule is COC(=O)C1CCSC1N. The lowest BCUT2D eigenvalue weighted by molar-refractivity contribution is -0.145. The third-order valence-corrected chi connectivity index (χ3v) is 2.82. The summed E-state index contributed by atoms with van der Waals surface area (Å²) in [5, 5.41) is -0.0487. The summed E-state index contributed by atoms with van der Waals surface area (Å²) in [4.78, 5) is 10.9. The molecule has 2 unspecified atom stereocenters. The Balaban J connectivity index is 2.46. The van der Waals surface area contributed by atoms with E-state index in [1.54, 1.807) is 11.8 Å². The van der Waals surface area contributed by atoms with Gasteiger partial charge in [-0.2, -0.15) is 0 Å². The first kappa shape index (κ1) is 7.88. The van der Waals surface area contributed by atoms with Gasteiger partial charge in [-0.3, -0.25) is 4.79 Å². The molecule has 10 heavy (non-hydrogen) atoms. The van der Waals surface area contributed by atoms with Crippen molar-refractivity contribution in [3.05, 3.63) is 0 Å². The van der Waals surface area contributed by atoms with Gasteiger partial charge < -0.3 is 10.5 Å². The highest BCUT2D eigenvalue weighted by Gasteiger charge is 2.31. The molecule has 0 bridgehead atoms. The van der Waals surface area contributed by atoms with E-state index in [0.29, 0.717) is 0 Å². The van der Waals surface area contributed by atoms with Crippen LogP contribution in [0.3, 0.4) is 0 Å². The van der Waals surface area contributed by atoms with Crippen LogP contribution in [0.4, 0.5) is 0 Å². The maximum absolute atomic E-state index is 10.9. The maximum Gasteiger partial charge on any atom is 0.311 e.